The average Bonchev–Trinajstić information content (AvgIpc) is 3.53. The molecule has 0 aromatic carbocycles. The molecule has 0 radical (unpaired) electrons. The molecular weight excluding hydrogens is 854 g/mol. The molecule has 3 rings (SSSR count). The fourth-order valence-corrected chi connectivity index (χ4v) is 2.15. The van der Waals surface area contributed by atoms with Gasteiger partial charge in [0.1, 0.15) is 18.1 Å². The Balaban J connectivity index is -0.0000000751. The van der Waals surface area contributed by atoms with Crippen molar-refractivity contribution in [2.75, 3.05) is 0 Å². The number of nitrogens with zero attached hydrogens (tertiary/aromatic N) is 3. The fourth-order valence-electron chi connectivity index (χ4n) is 2.15. The van der Waals surface area contributed by atoms with Crippen LogP contribution in [0.4, 0.5) is 0 Å². The summed E-state index contributed by atoms with van der Waals surface area (Å²) in [7, 11) is 0. The molecule has 3 unspecified atom stereocenters. The largest absolute Gasteiger partial charge is 4.00 e. The number of aromatic nitrogens is 6. The fraction of sp³-hybridized carbons (Fsp3) is 0.333. The number of imidazole rings is 3. The van der Waals surface area contributed by atoms with Crippen LogP contribution in [0.25, 0.3) is 0 Å². The maximum atomic E-state index is 10.3. The van der Waals surface area contributed by atoms with Crippen molar-refractivity contribution in [2.24, 2.45) is 17.2 Å². The van der Waals surface area contributed by atoms with Crippen molar-refractivity contribution in [1.29, 1.82) is 0 Å². The Labute approximate surface area is 301 Å². The van der Waals surface area contributed by atoms with Crippen LogP contribution >= 0.6 is 0 Å². The van der Waals surface area contributed by atoms with Crippen LogP contribution in [0.15, 0.2) is 37.6 Å². The second kappa shape index (κ2) is 31.3. The summed E-state index contributed by atoms with van der Waals surface area (Å²) in [6, 6.07) is -2.59. The van der Waals surface area contributed by atoms with Crippen LogP contribution in [0, 0.1) is 0 Å². The van der Waals surface area contributed by atoms with E-state index in [1.807, 2.05) is 0 Å². The van der Waals surface area contributed by atoms with Crippen LogP contribution in [0.3, 0.4) is 0 Å². The number of aromatic amines is 3. The number of rotatable bonds is 9. The Kier molecular flexibility index (Phi) is 43.3. The third kappa shape index (κ3) is 25.1. The maximum absolute atomic E-state index is 10.3. The molecule has 0 bridgehead atoms. The predicted octanol–water partition coefficient (Wildman–Crippen LogP) is -3.00. The van der Waals surface area contributed by atoms with Crippen LogP contribution < -0.4 is 17.2 Å². The Hall–Kier alpha value is -0.615. The zero-order valence-corrected chi connectivity index (χ0v) is 30.1. The normalized spacial score (nSPS) is 10.6. The minimum Gasteiger partial charge on any atom is -0.813 e. The number of thiol groups is 4. The van der Waals surface area contributed by atoms with Crippen molar-refractivity contribution in [3.05, 3.63) is 54.7 Å². The number of carboxylic acids is 3. The van der Waals surface area contributed by atoms with E-state index in [-0.39, 0.29) is 136 Å². The first kappa shape index (κ1) is 55.3. The number of carbonyl (C=O) groups is 3. The molecule has 0 spiro atoms. The number of nitrogens with one attached hydrogen (secondary N) is 3. The summed E-state index contributed by atoms with van der Waals surface area (Å²) in [6.45, 7) is 0. The predicted molar refractivity (Wildman–Crippen MR) is 149 cm³/mol. The van der Waals surface area contributed by atoms with Crippen molar-refractivity contribution >= 4 is 71.9 Å². The first-order chi connectivity index (χ1) is 15.6. The van der Waals surface area contributed by atoms with Crippen molar-refractivity contribution in [3.8, 4) is 0 Å². The van der Waals surface area contributed by atoms with E-state index in [1.165, 1.54) is 19.0 Å². The summed E-state index contributed by atoms with van der Waals surface area (Å²) in [6.07, 6.45) is 10.1. The van der Waals surface area contributed by atoms with Gasteiger partial charge in [0.25, 0.3) is 0 Å². The van der Waals surface area contributed by atoms with Gasteiger partial charge in [-0.15, -0.1) is 0 Å². The van der Waals surface area contributed by atoms with Gasteiger partial charge < -0.3 is 101 Å². The molecule has 0 saturated carbocycles. The summed E-state index contributed by atoms with van der Waals surface area (Å²) in [5.74, 6) is -3.02. The van der Waals surface area contributed by atoms with Gasteiger partial charge in [-0.2, -0.15) is 0 Å². The van der Waals surface area contributed by atoms with E-state index < -0.39 is 36.0 Å². The molecule has 15 nitrogen and oxygen atoms in total. The minimum absolute atomic E-state index is 0. The number of hydrogen-bond donors (Lipinski definition) is 9. The van der Waals surface area contributed by atoms with Crippen molar-refractivity contribution in [1.82, 2.24) is 29.9 Å². The number of nitrogens with two attached hydrogens (primary N) is 3. The van der Waals surface area contributed by atoms with Gasteiger partial charge in [0.05, 0.1) is 36.1 Å². The Bertz CT molecular complexity index is 854. The van der Waals surface area contributed by atoms with Gasteiger partial charge in [0.15, 0.2) is 0 Å². The van der Waals surface area contributed by atoms with E-state index in [4.69, 9.17) is 32.5 Å². The van der Waals surface area contributed by atoms with Gasteiger partial charge in [-0.1, -0.05) is 0 Å². The molecule has 0 aliphatic heterocycles. The summed E-state index contributed by atoms with van der Waals surface area (Å²) < 4.78 is 0. The molecule has 0 aliphatic carbocycles. The SMILES string of the molecule is NC(Cc1c[nH]cn1)C(=O)O.NC(Cc1c[nH]cn1)C(=O)O.NC(Cc1c[nH]cn1)C(=O)O.[Mo+2].[Mo+4].[Mo].[SH-].[SH-].[SH-].[SH-]. The van der Waals surface area contributed by atoms with Crippen molar-refractivity contribution < 1.29 is 92.9 Å². The van der Waals surface area contributed by atoms with Crippen LogP contribution in [-0.2, 0) is 151 Å². The Morgan fingerprint density at radius 1 is 0.625 bits per heavy atom. The van der Waals surface area contributed by atoms with E-state index >= 15 is 0 Å². The van der Waals surface area contributed by atoms with E-state index in [9.17, 15) is 14.4 Å². The van der Waals surface area contributed by atoms with E-state index in [0.717, 1.165) is 0 Å². The number of H-pyrrole nitrogens is 3. The average molecular weight is 886 g/mol. The van der Waals surface area contributed by atoms with E-state index in [1.54, 1.807) is 18.6 Å². The van der Waals surface area contributed by atoms with Crippen LogP contribution in [0.5, 0.6) is 0 Å². The van der Waals surface area contributed by atoms with Gasteiger partial charge in [0, 0.05) is 58.9 Å². The molecular formula is C18H31Mo3N9O6S4+2. The molecule has 0 fully saturated rings. The van der Waals surface area contributed by atoms with E-state index in [0.29, 0.717) is 17.1 Å². The van der Waals surface area contributed by atoms with Crippen LogP contribution in [0.2, 0.25) is 0 Å². The zero-order chi connectivity index (χ0) is 24.8. The zero-order valence-electron chi connectivity index (χ0n) is 20.5. The number of carboxylic acid groups (broad SMARTS) is 3. The molecule has 3 aromatic rings. The standard InChI is InChI=1S/3C6H9N3O2.3Mo.4H2S/c3*7-5(6(10)11)1-4-2-8-3-9-4;;;;;;;/h3*2-3,5H,1,7H2,(H,8,9)(H,10,11);;;;4*1H2/q;;;;+2;+4;;;;/p-4. The van der Waals surface area contributed by atoms with Gasteiger partial charge in [0.2, 0.25) is 0 Å². The third-order valence-corrected chi connectivity index (χ3v) is 3.90. The quantitative estimate of drug-likeness (QED) is 0.0589. The van der Waals surface area contributed by atoms with Gasteiger partial charge >= 0.3 is 60.0 Å². The molecule has 224 valence electrons. The molecule has 22 heteroatoms. The van der Waals surface area contributed by atoms with Crippen molar-refractivity contribution in [3.63, 3.8) is 0 Å². The topological polar surface area (TPSA) is 276 Å². The molecule has 3 aromatic heterocycles. The molecule has 40 heavy (non-hydrogen) atoms. The minimum atomic E-state index is -1.01. The monoisotopic (exact) mass is 891 g/mol. The van der Waals surface area contributed by atoms with Gasteiger partial charge in [-0.25, -0.2) is 15.0 Å². The van der Waals surface area contributed by atoms with E-state index in [2.05, 4.69) is 29.9 Å². The summed E-state index contributed by atoms with van der Waals surface area (Å²) in [5, 5.41) is 25.3. The van der Waals surface area contributed by atoms with Gasteiger partial charge in [-0.05, 0) is 0 Å². The molecule has 0 amide bonds. The first-order valence-corrected chi connectivity index (χ1v) is 9.48. The molecule has 0 saturated heterocycles. The first-order valence-electron chi connectivity index (χ1n) is 9.48. The molecule has 3 atom stereocenters. The summed E-state index contributed by atoms with van der Waals surface area (Å²) in [4.78, 5) is 50.5. The maximum Gasteiger partial charge on any atom is 4.00 e. The Morgan fingerprint density at radius 3 is 0.950 bits per heavy atom. The van der Waals surface area contributed by atoms with Crippen LogP contribution in [-0.4, -0.2) is 81.3 Å². The molecule has 3 heterocycles. The van der Waals surface area contributed by atoms with Crippen molar-refractivity contribution in [2.45, 2.75) is 37.4 Å². The summed E-state index contributed by atoms with van der Waals surface area (Å²) in [5.41, 5.74) is 17.8. The number of aliphatic carboxylic acids is 3. The second-order valence-corrected chi connectivity index (χ2v) is 6.63. The third-order valence-electron chi connectivity index (χ3n) is 3.90. The summed E-state index contributed by atoms with van der Waals surface area (Å²) >= 11 is 0. The molecule has 12 N–H and O–H groups in total. The number of hydrogen-bond acceptors (Lipinski definition) is 13. The smallest absolute Gasteiger partial charge is 0.813 e. The molecule has 0 aliphatic rings. The second-order valence-electron chi connectivity index (χ2n) is 6.63. The van der Waals surface area contributed by atoms with Gasteiger partial charge in [-0.3, -0.25) is 14.4 Å². The Morgan fingerprint density at radius 2 is 0.825 bits per heavy atom. The van der Waals surface area contributed by atoms with Crippen LogP contribution in [0.1, 0.15) is 17.1 Å².